The number of benzene rings is 2. The Labute approximate surface area is 195 Å². The quantitative estimate of drug-likeness (QED) is 0.609. The van der Waals surface area contributed by atoms with Crippen molar-refractivity contribution in [1.82, 2.24) is 10.2 Å². The van der Waals surface area contributed by atoms with E-state index in [1.54, 1.807) is 23.1 Å². The molecule has 0 aliphatic carbocycles. The largest absolute Gasteiger partial charge is 0.496 e. The van der Waals surface area contributed by atoms with Gasteiger partial charge in [-0.15, -0.1) is 0 Å². The molecule has 0 saturated carbocycles. The van der Waals surface area contributed by atoms with Gasteiger partial charge in [-0.25, -0.2) is 8.42 Å². The van der Waals surface area contributed by atoms with Crippen LogP contribution in [0.3, 0.4) is 0 Å². The van der Waals surface area contributed by atoms with E-state index in [4.69, 9.17) is 4.74 Å². The molecule has 9 heteroatoms. The van der Waals surface area contributed by atoms with E-state index in [1.165, 1.54) is 31.4 Å². The van der Waals surface area contributed by atoms with Gasteiger partial charge >= 0.3 is 0 Å². The van der Waals surface area contributed by atoms with E-state index in [0.29, 0.717) is 25.4 Å². The second kappa shape index (κ2) is 11.2. The van der Waals surface area contributed by atoms with Crippen molar-refractivity contribution >= 4 is 27.5 Å². The summed E-state index contributed by atoms with van der Waals surface area (Å²) in [5, 5.41) is 2.75. The molecule has 0 atom stereocenters. The molecule has 1 heterocycles. The topological polar surface area (TPSA) is 105 Å². The van der Waals surface area contributed by atoms with Crippen LogP contribution < -0.4 is 14.8 Å². The zero-order chi connectivity index (χ0) is 23.8. The maximum atomic E-state index is 13.2. The van der Waals surface area contributed by atoms with Crippen molar-refractivity contribution in [3.63, 3.8) is 0 Å². The SMILES string of the molecule is CCCNC(=O)c1ccccc1NS(=O)(=O)c1ccc(OC)c(C(=O)N2CCCCCC2)c1. The van der Waals surface area contributed by atoms with Gasteiger partial charge in [-0.1, -0.05) is 31.9 Å². The first-order valence-electron chi connectivity index (χ1n) is 11.2. The van der Waals surface area contributed by atoms with E-state index in [1.807, 2.05) is 6.92 Å². The molecule has 33 heavy (non-hydrogen) atoms. The van der Waals surface area contributed by atoms with E-state index >= 15 is 0 Å². The summed E-state index contributed by atoms with van der Waals surface area (Å²) in [6, 6.07) is 10.6. The molecule has 2 aromatic rings. The summed E-state index contributed by atoms with van der Waals surface area (Å²) in [4.78, 5) is 27.3. The van der Waals surface area contributed by atoms with Gasteiger partial charge in [0.25, 0.3) is 21.8 Å². The summed E-state index contributed by atoms with van der Waals surface area (Å²) in [6.45, 7) is 3.69. The molecule has 2 N–H and O–H groups in total. The average molecular weight is 474 g/mol. The molecule has 2 amide bonds. The summed E-state index contributed by atoms with van der Waals surface area (Å²) in [5.41, 5.74) is 0.600. The van der Waals surface area contributed by atoms with Crippen LogP contribution >= 0.6 is 0 Å². The van der Waals surface area contributed by atoms with E-state index < -0.39 is 10.0 Å². The number of likely N-dealkylation sites (tertiary alicyclic amines) is 1. The van der Waals surface area contributed by atoms with Crippen LogP contribution in [-0.2, 0) is 10.0 Å². The number of amides is 2. The van der Waals surface area contributed by atoms with Gasteiger partial charge in [0.15, 0.2) is 0 Å². The molecule has 1 aliphatic heterocycles. The number of carbonyl (C=O) groups excluding carboxylic acids is 2. The molecular formula is C24H31N3O5S. The average Bonchev–Trinajstić information content (AvgIpc) is 3.11. The van der Waals surface area contributed by atoms with Crippen molar-refractivity contribution in [2.45, 2.75) is 43.9 Å². The number of hydrogen-bond acceptors (Lipinski definition) is 5. The first kappa shape index (κ1) is 24.6. The maximum Gasteiger partial charge on any atom is 0.261 e. The zero-order valence-electron chi connectivity index (χ0n) is 19.1. The third-order valence-corrected chi connectivity index (χ3v) is 6.92. The predicted molar refractivity (Wildman–Crippen MR) is 127 cm³/mol. The highest BCUT2D eigenvalue weighted by Crippen LogP contribution is 2.27. The number of nitrogens with zero attached hydrogens (tertiary/aromatic N) is 1. The number of rotatable bonds is 8. The number of ether oxygens (including phenoxy) is 1. The van der Waals surface area contributed by atoms with E-state index in [9.17, 15) is 18.0 Å². The number of carbonyl (C=O) groups is 2. The van der Waals surface area contributed by atoms with Crippen LogP contribution in [0, 0.1) is 0 Å². The fourth-order valence-electron chi connectivity index (χ4n) is 3.77. The van der Waals surface area contributed by atoms with Gasteiger partial charge in [0.05, 0.1) is 28.8 Å². The van der Waals surface area contributed by atoms with Crippen LogP contribution in [0.4, 0.5) is 5.69 Å². The molecule has 0 bridgehead atoms. The minimum Gasteiger partial charge on any atom is -0.496 e. The first-order chi connectivity index (χ1) is 15.9. The predicted octanol–water partition coefficient (Wildman–Crippen LogP) is 3.65. The lowest BCUT2D eigenvalue weighted by Gasteiger charge is -2.22. The molecule has 0 spiro atoms. The molecule has 8 nitrogen and oxygen atoms in total. The van der Waals surface area contributed by atoms with Crippen molar-refractivity contribution in [2.24, 2.45) is 0 Å². The minimum atomic E-state index is -4.07. The Bertz CT molecular complexity index is 1090. The zero-order valence-corrected chi connectivity index (χ0v) is 19.9. The third kappa shape index (κ3) is 6.04. The van der Waals surface area contributed by atoms with Crippen molar-refractivity contribution in [2.75, 3.05) is 31.5 Å². The lowest BCUT2D eigenvalue weighted by molar-refractivity contribution is 0.0757. The highest BCUT2D eigenvalue weighted by molar-refractivity contribution is 7.92. The summed E-state index contributed by atoms with van der Waals surface area (Å²) >= 11 is 0. The molecule has 0 radical (unpaired) electrons. The first-order valence-corrected chi connectivity index (χ1v) is 12.7. The molecule has 0 unspecified atom stereocenters. The summed E-state index contributed by atoms with van der Waals surface area (Å²) in [5.74, 6) is -0.283. The Morgan fingerprint density at radius 1 is 1.00 bits per heavy atom. The molecule has 0 aromatic heterocycles. The van der Waals surface area contributed by atoms with Gasteiger partial charge < -0.3 is 15.0 Å². The number of nitrogens with one attached hydrogen (secondary N) is 2. The van der Waals surface area contributed by atoms with Gasteiger partial charge in [0, 0.05) is 19.6 Å². The van der Waals surface area contributed by atoms with E-state index in [-0.39, 0.29) is 33.5 Å². The van der Waals surface area contributed by atoms with Gasteiger partial charge in [0.1, 0.15) is 5.75 Å². The normalized spacial score (nSPS) is 14.3. The summed E-state index contributed by atoms with van der Waals surface area (Å²) in [7, 11) is -2.61. The minimum absolute atomic E-state index is 0.0785. The van der Waals surface area contributed by atoms with Crippen LogP contribution in [0.15, 0.2) is 47.4 Å². The second-order valence-corrected chi connectivity index (χ2v) is 9.66. The number of anilines is 1. The van der Waals surface area contributed by atoms with Crippen LogP contribution in [0.2, 0.25) is 0 Å². The number of methoxy groups -OCH3 is 1. The summed E-state index contributed by atoms with van der Waals surface area (Å²) in [6.07, 6.45) is 4.75. The molecule has 3 rings (SSSR count). The fourth-order valence-corrected chi connectivity index (χ4v) is 4.88. The van der Waals surface area contributed by atoms with Crippen molar-refractivity contribution in [1.29, 1.82) is 0 Å². The van der Waals surface area contributed by atoms with Gasteiger partial charge in [-0.05, 0) is 49.6 Å². The van der Waals surface area contributed by atoms with Crippen LogP contribution in [0.25, 0.3) is 0 Å². The van der Waals surface area contributed by atoms with Crippen LogP contribution in [-0.4, -0.2) is 51.9 Å². The number of sulfonamides is 1. The van der Waals surface area contributed by atoms with Crippen molar-refractivity contribution < 1.29 is 22.7 Å². The second-order valence-electron chi connectivity index (χ2n) is 7.98. The fraction of sp³-hybridized carbons (Fsp3) is 0.417. The Morgan fingerprint density at radius 3 is 2.36 bits per heavy atom. The molecule has 1 aliphatic rings. The number of hydrogen-bond donors (Lipinski definition) is 2. The van der Waals surface area contributed by atoms with Gasteiger partial charge in [0.2, 0.25) is 0 Å². The molecular weight excluding hydrogens is 442 g/mol. The molecule has 2 aromatic carbocycles. The highest BCUT2D eigenvalue weighted by Gasteiger charge is 2.25. The Morgan fingerprint density at radius 2 is 1.70 bits per heavy atom. The Kier molecular flexibility index (Phi) is 8.32. The standard InChI is InChI=1S/C24H31N3O5S/c1-3-14-25-23(28)19-10-6-7-11-21(19)26-33(30,31)18-12-13-22(32-2)20(17-18)24(29)27-15-8-4-5-9-16-27/h6-7,10-13,17,26H,3-5,8-9,14-16H2,1-2H3,(H,25,28). The van der Waals surface area contributed by atoms with Crippen molar-refractivity contribution in [3.05, 3.63) is 53.6 Å². The third-order valence-electron chi connectivity index (χ3n) is 5.56. The molecule has 1 saturated heterocycles. The Balaban J connectivity index is 1.91. The monoisotopic (exact) mass is 473 g/mol. The van der Waals surface area contributed by atoms with E-state index in [2.05, 4.69) is 10.0 Å². The Hall–Kier alpha value is -3.07. The highest BCUT2D eigenvalue weighted by atomic mass is 32.2. The lowest BCUT2D eigenvalue weighted by Crippen LogP contribution is -2.32. The van der Waals surface area contributed by atoms with Gasteiger partial charge in [-0.2, -0.15) is 0 Å². The van der Waals surface area contributed by atoms with E-state index in [0.717, 1.165) is 32.1 Å². The smallest absolute Gasteiger partial charge is 0.261 e. The lowest BCUT2D eigenvalue weighted by atomic mass is 10.1. The van der Waals surface area contributed by atoms with Gasteiger partial charge in [-0.3, -0.25) is 14.3 Å². The maximum absolute atomic E-state index is 13.2. The van der Waals surface area contributed by atoms with Crippen LogP contribution in [0.5, 0.6) is 5.75 Å². The molecule has 1 fully saturated rings. The molecule has 178 valence electrons. The number of para-hydroxylation sites is 1. The van der Waals surface area contributed by atoms with Crippen molar-refractivity contribution in [3.8, 4) is 5.75 Å². The summed E-state index contributed by atoms with van der Waals surface area (Å²) < 4.78 is 34.2. The van der Waals surface area contributed by atoms with Crippen LogP contribution in [0.1, 0.15) is 59.7 Å².